The molecule has 0 saturated carbocycles. The molecule has 1 amide bonds. The van der Waals surface area contributed by atoms with Crippen molar-refractivity contribution < 1.29 is 4.79 Å². The monoisotopic (exact) mass is 396 g/mol. The molecule has 1 aromatic rings. The summed E-state index contributed by atoms with van der Waals surface area (Å²) in [5.74, 6) is 0.646. The number of nitrogens with zero attached hydrogens (tertiary/aromatic N) is 3. The number of nitrogens with one attached hydrogen (secondary N) is 1. The van der Waals surface area contributed by atoms with Crippen molar-refractivity contribution in [2.75, 3.05) is 5.43 Å². The van der Waals surface area contributed by atoms with E-state index in [9.17, 15) is 4.79 Å². The maximum atomic E-state index is 11.2. The van der Waals surface area contributed by atoms with Gasteiger partial charge in [-0.15, -0.1) is 22.8 Å². The molecular weight excluding hydrogens is 356 g/mol. The molecule has 0 atom stereocenters. The van der Waals surface area contributed by atoms with E-state index in [4.69, 9.17) is 0 Å². The van der Waals surface area contributed by atoms with Crippen LogP contribution in [0.1, 0.15) is 116 Å². The standard InChI is InChI=1S/C21H40N4OS/c1-3-4-5-6-7-8-9-10-11-12-13-14-15-16-17-18-20-22-23-21(27)25(20)24-19(2)26/h3-18H2,1-2H3,(H,23,27)(H,24,26). The van der Waals surface area contributed by atoms with Gasteiger partial charge in [0.25, 0.3) is 0 Å². The Morgan fingerprint density at radius 3 is 1.70 bits per heavy atom. The van der Waals surface area contributed by atoms with E-state index in [0.29, 0.717) is 5.16 Å². The number of hydrogen-bond acceptors (Lipinski definition) is 4. The lowest BCUT2D eigenvalue weighted by atomic mass is 10.0. The highest BCUT2D eigenvalue weighted by Gasteiger charge is 2.09. The van der Waals surface area contributed by atoms with Crippen molar-refractivity contribution in [3.05, 3.63) is 5.82 Å². The van der Waals surface area contributed by atoms with Crippen LogP contribution in [0.5, 0.6) is 0 Å². The Morgan fingerprint density at radius 2 is 1.26 bits per heavy atom. The molecular formula is C21H40N4OS. The van der Waals surface area contributed by atoms with Gasteiger partial charge in [0.15, 0.2) is 5.82 Å². The molecule has 0 unspecified atom stereocenters. The van der Waals surface area contributed by atoms with E-state index < -0.39 is 0 Å². The van der Waals surface area contributed by atoms with Gasteiger partial charge in [-0.05, 0) is 6.42 Å². The molecule has 0 radical (unpaired) electrons. The normalized spacial score (nSPS) is 11.1. The van der Waals surface area contributed by atoms with Crippen molar-refractivity contribution in [2.24, 2.45) is 0 Å². The van der Waals surface area contributed by atoms with E-state index >= 15 is 0 Å². The second-order valence-corrected chi connectivity index (χ2v) is 8.02. The Hall–Kier alpha value is -1.04. The summed E-state index contributed by atoms with van der Waals surface area (Å²) in [4.78, 5) is 11.2. The third-order valence-corrected chi connectivity index (χ3v) is 5.28. The highest BCUT2D eigenvalue weighted by atomic mass is 32.1. The van der Waals surface area contributed by atoms with Crippen LogP contribution in [0.4, 0.5) is 0 Å². The second kappa shape index (κ2) is 16.0. The van der Waals surface area contributed by atoms with Gasteiger partial charge >= 0.3 is 0 Å². The molecule has 0 saturated heterocycles. The molecule has 0 fully saturated rings. The molecule has 1 N–H and O–H groups in total. The van der Waals surface area contributed by atoms with Crippen molar-refractivity contribution in [1.82, 2.24) is 14.9 Å². The summed E-state index contributed by atoms with van der Waals surface area (Å²) in [7, 11) is 0. The molecule has 0 aliphatic heterocycles. The number of hydrogen-bond donors (Lipinski definition) is 2. The van der Waals surface area contributed by atoms with Crippen LogP contribution in [-0.2, 0) is 11.2 Å². The first kappa shape index (κ1) is 24.0. The minimum absolute atomic E-state index is 0.136. The maximum absolute atomic E-state index is 11.2. The fraction of sp³-hybridized carbons (Fsp3) is 0.857. The van der Waals surface area contributed by atoms with Crippen molar-refractivity contribution in [3.63, 3.8) is 0 Å². The number of amides is 1. The van der Waals surface area contributed by atoms with E-state index in [1.54, 1.807) is 4.68 Å². The Labute approximate surface area is 171 Å². The van der Waals surface area contributed by atoms with Crippen LogP contribution >= 0.6 is 12.6 Å². The van der Waals surface area contributed by atoms with E-state index in [2.05, 4.69) is 35.2 Å². The lowest BCUT2D eigenvalue weighted by Crippen LogP contribution is -2.22. The van der Waals surface area contributed by atoms with Crippen LogP contribution < -0.4 is 5.43 Å². The van der Waals surface area contributed by atoms with Gasteiger partial charge in [0.05, 0.1) is 0 Å². The third kappa shape index (κ3) is 12.1. The smallest absolute Gasteiger partial charge is 0.235 e. The van der Waals surface area contributed by atoms with Crippen molar-refractivity contribution >= 4 is 18.5 Å². The number of carbonyl (C=O) groups excluding carboxylic acids is 1. The number of thiol groups is 1. The summed E-state index contributed by atoms with van der Waals surface area (Å²) in [6.45, 7) is 3.75. The summed E-state index contributed by atoms with van der Waals surface area (Å²) >= 11 is 4.22. The van der Waals surface area contributed by atoms with Gasteiger partial charge in [0.2, 0.25) is 11.1 Å². The van der Waals surface area contributed by atoms with Crippen LogP contribution in [0.2, 0.25) is 0 Å². The summed E-state index contributed by atoms with van der Waals surface area (Å²) in [5, 5.41) is 8.45. The largest absolute Gasteiger partial charge is 0.274 e. The number of aromatic nitrogens is 3. The van der Waals surface area contributed by atoms with Gasteiger partial charge in [-0.3, -0.25) is 10.2 Å². The molecule has 0 aliphatic carbocycles. The first-order valence-corrected chi connectivity index (χ1v) is 11.5. The summed E-state index contributed by atoms with van der Waals surface area (Å²) < 4.78 is 1.58. The second-order valence-electron chi connectivity index (χ2n) is 7.62. The van der Waals surface area contributed by atoms with Gasteiger partial charge in [-0.2, -0.15) is 0 Å². The molecule has 5 nitrogen and oxygen atoms in total. The van der Waals surface area contributed by atoms with Gasteiger partial charge in [-0.25, -0.2) is 4.68 Å². The minimum Gasteiger partial charge on any atom is -0.274 e. The lowest BCUT2D eigenvalue weighted by Gasteiger charge is -2.07. The zero-order valence-corrected chi connectivity index (χ0v) is 18.4. The summed E-state index contributed by atoms with van der Waals surface area (Å²) in [6.07, 6.45) is 21.2. The van der Waals surface area contributed by atoms with Gasteiger partial charge in [0.1, 0.15) is 0 Å². The first-order valence-electron chi connectivity index (χ1n) is 11.1. The zero-order valence-electron chi connectivity index (χ0n) is 17.5. The first-order chi connectivity index (χ1) is 13.1. The molecule has 1 aromatic heterocycles. The Balaban J connectivity index is 1.90. The van der Waals surface area contributed by atoms with Crippen LogP contribution in [0.3, 0.4) is 0 Å². The molecule has 0 spiro atoms. The Bertz CT molecular complexity index is 504. The van der Waals surface area contributed by atoms with Gasteiger partial charge in [-0.1, -0.05) is 96.8 Å². The predicted octanol–water partition coefficient (Wildman–Crippen LogP) is 6.07. The molecule has 1 rings (SSSR count). The number of rotatable bonds is 17. The van der Waals surface area contributed by atoms with Gasteiger partial charge in [0, 0.05) is 13.3 Å². The van der Waals surface area contributed by atoms with Crippen LogP contribution in [0.25, 0.3) is 0 Å². The van der Waals surface area contributed by atoms with Crippen molar-refractivity contribution in [2.45, 2.75) is 122 Å². The molecule has 6 heteroatoms. The minimum atomic E-state index is -0.136. The number of aryl methyl sites for hydroxylation is 1. The van der Waals surface area contributed by atoms with Crippen LogP contribution in [0, 0.1) is 0 Å². The fourth-order valence-electron chi connectivity index (χ4n) is 3.40. The zero-order chi connectivity index (χ0) is 19.7. The Morgan fingerprint density at radius 1 is 0.815 bits per heavy atom. The van der Waals surface area contributed by atoms with Crippen LogP contribution in [0.15, 0.2) is 5.16 Å². The molecule has 156 valence electrons. The molecule has 0 aromatic carbocycles. The predicted molar refractivity (Wildman–Crippen MR) is 116 cm³/mol. The Kier molecular flexibility index (Phi) is 14.2. The van der Waals surface area contributed by atoms with Gasteiger partial charge < -0.3 is 0 Å². The molecule has 0 aliphatic rings. The SMILES string of the molecule is CCCCCCCCCCCCCCCCCc1nnc(S)n1NC(C)=O. The van der Waals surface area contributed by atoms with Crippen LogP contribution in [-0.4, -0.2) is 20.8 Å². The average molecular weight is 397 g/mol. The highest BCUT2D eigenvalue weighted by Crippen LogP contribution is 2.14. The van der Waals surface area contributed by atoms with E-state index in [0.717, 1.165) is 18.7 Å². The lowest BCUT2D eigenvalue weighted by molar-refractivity contribution is -0.115. The van der Waals surface area contributed by atoms with E-state index in [1.165, 1.54) is 96.8 Å². The molecule has 1 heterocycles. The fourth-order valence-corrected chi connectivity index (χ4v) is 3.61. The number of unbranched alkanes of at least 4 members (excludes halogenated alkanes) is 14. The van der Waals surface area contributed by atoms with Crippen molar-refractivity contribution in [3.8, 4) is 0 Å². The maximum Gasteiger partial charge on any atom is 0.235 e. The summed E-state index contributed by atoms with van der Waals surface area (Å²) in [5.41, 5.74) is 2.70. The highest BCUT2D eigenvalue weighted by molar-refractivity contribution is 7.80. The topological polar surface area (TPSA) is 59.8 Å². The number of carbonyl (C=O) groups is 1. The van der Waals surface area contributed by atoms with E-state index in [1.807, 2.05) is 0 Å². The summed E-state index contributed by atoms with van der Waals surface area (Å²) in [6, 6.07) is 0. The van der Waals surface area contributed by atoms with E-state index in [-0.39, 0.29) is 5.91 Å². The molecule has 27 heavy (non-hydrogen) atoms. The average Bonchev–Trinajstić information content (AvgIpc) is 2.98. The quantitative estimate of drug-likeness (QED) is 0.248. The van der Waals surface area contributed by atoms with Crippen molar-refractivity contribution in [1.29, 1.82) is 0 Å². The third-order valence-electron chi connectivity index (χ3n) is 4.99. The molecule has 0 bridgehead atoms.